The molecule has 1 unspecified atom stereocenters. The van der Waals surface area contributed by atoms with Gasteiger partial charge in [-0.25, -0.2) is 4.39 Å². The second-order valence-electron chi connectivity index (χ2n) is 8.02. The van der Waals surface area contributed by atoms with Crippen LogP contribution < -0.4 is 4.90 Å². The Kier molecular flexibility index (Phi) is 6.89. The van der Waals surface area contributed by atoms with Gasteiger partial charge in [0.2, 0.25) is 0 Å². The van der Waals surface area contributed by atoms with E-state index in [1.165, 1.54) is 34.1 Å². The van der Waals surface area contributed by atoms with Crippen LogP contribution in [0.4, 0.5) is 4.39 Å². The molecule has 2 N–H and O–H groups in total. The molecule has 32 heavy (non-hydrogen) atoms. The zero-order valence-corrected chi connectivity index (χ0v) is 18.3. The van der Waals surface area contributed by atoms with E-state index < -0.39 is 23.5 Å². The molecule has 2 heterocycles. The van der Waals surface area contributed by atoms with Crippen LogP contribution in [0.25, 0.3) is 5.76 Å². The highest BCUT2D eigenvalue weighted by Crippen LogP contribution is 2.39. The molecule has 2 fully saturated rings. The molecule has 2 aliphatic rings. The third-order valence-corrected chi connectivity index (χ3v) is 6.22. The summed E-state index contributed by atoms with van der Waals surface area (Å²) in [4.78, 5) is 28.9. The highest BCUT2D eigenvalue weighted by atomic mass is 35.5. The summed E-state index contributed by atoms with van der Waals surface area (Å²) in [6, 6.07) is 11.3. The molecular weight excluding hydrogens is 435 g/mol. The van der Waals surface area contributed by atoms with E-state index in [0.29, 0.717) is 23.6 Å². The third-order valence-electron chi connectivity index (χ3n) is 5.97. The first-order valence-electron chi connectivity index (χ1n) is 10.7. The molecule has 8 heteroatoms. The molecule has 1 atom stereocenters. The smallest absolute Gasteiger partial charge is 0.295 e. The second kappa shape index (κ2) is 9.81. The van der Waals surface area contributed by atoms with E-state index in [-0.39, 0.29) is 16.9 Å². The van der Waals surface area contributed by atoms with E-state index in [1.54, 1.807) is 24.3 Å². The summed E-state index contributed by atoms with van der Waals surface area (Å²) < 4.78 is 18.7. The number of aliphatic hydroxyl groups excluding tert-OH is 1. The Balaban J connectivity index is 1.66. The second-order valence-corrected chi connectivity index (χ2v) is 8.45. The van der Waals surface area contributed by atoms with Crippen LogP contribution in [0.15, 0.2) is 54.1 Å². The molecular formula is C24H25ClFN2O4+. The molecule has 2 saturated heterocycles. The fourth-order valence-corrected chi connectivity index (χ4v) is 4.40. The predicted molar refractivity (Wildman–Crippen MR) is 118 cm³/mol. The number of amides is 1. The average Bonchev–Trinajstić information content (AvgIpc) is 3.05. The summed E-state index contributed by atoms with van der Waals surface area (Å²) in [5.74, 6) is -2.16. The summed E-state index contributed by atoms with van der Waals surface area (Å²) in [5, 5.41) is 11.5. The van der Waals surface area contributed by atoms with Gasteiger partial charge in [0.25, 0.3) is 11.7 Å². The summed E-state index contributed by atoms with van der Waals surface area (Å²) >= 11 is 6.03. The van der Waals surface area contributed by atoms with Crippen LogP contribution in [-0.2, 0) is 14.3 Å². The van der Waals surface area contributed by atoms with Crippen molar-refractivity contribution in [1.29, 1.82) is 0 Å². The number of carbonyl (C=O) groups excluding carboxylic acids is 2. The standard InChI is InChI=1S/C24H24ClFN2O4/c25-18-6-2-16(3-7-18)21-20(22(29)17-4-8-19(26)9-5-17)23(30)24(31)28(21)11-1-10-27-12-14-32-15-13-27/h2-9,21,29H,1,10-15H2/p+1. The van der Waals surface area contributed by atoms with Crippen LogP contribution >= 0.6 is 11.6 Å². The molecule has 2 aromatic carbocycles. The fourth-order valence-electron chi connectivity index (χ4n) is 4.28. The summed E-state index contributed by atoms with van der Waals surface area (Å²) in [6.45, 7) is 4.53. The van der Waals surface area contributed by atoms with Crippen molar-refractivity contribution in [3.63, 3.8) is 0 Å². The molecule has 0 bridgehead atoms. The molecule has 2 aromatic rings. The van der Waals surface area contributed by atoms with Crippen molar-refractivity contribution in [1.82, 2.24) is 4.90 Å². The monoisotopic (exact) mass is 459 g/mol. The van der Waals surface area contributed by atoms with Crippen LogP contribution in [0.1, 0.15) is 23.6 Å². The van der Waals surface area contributed by atoms with Gasteiger partial charge in [-0.05, 0) is 42.0 Å². The van der Waals surface area contributed by atoms with Crippen molar-refractivity contribution in [2.75, 3.05) is 39.4 Å². The lowest BCUT2D eigenvalue weighted by atomic mass is 9.95. The highest BCUT2D eigenvalue weighted by Gasteiger charge is 2.45. The molecule has 1 amide bonds. The molecule has 4 rings (SSSR count). The van der Waals surface area contributed by atoms with Gasteiger partial charge >= 0.3 is 0 Å². The maximum absolute atomic E-state index is 13.4. The van der Waals surface area contributed by atoms with Crippen LogP contribution in [0, 0.1) is 5.82 Å². The highest BCUT2D eigenvalue weighted by molar-refractivity contribution is 6.46. The number of morpholine rings is 1. The van der Waals surface area contributed by atoms with E-state index in [9.17, 15) is 19.1 Å². The Morgan fingerprint density at radius 2 is 1.75 bits per heavy atom. The van der Waals surface area contributed by atoms with Gasteiger partial charge < -0.3 is 19.6 Å². The number of hydrogen-bond acceptors (Lipinski definition) is 4. The van der Waals surface area contributed by atoms with E-state index >= 15 is 0 Å². The van der Waals surface area contributed by atoms with Crippen LogP contribution in [-0.4, -0.2) is 61.1 Å². The number of likely N-dealkylation sites (tertiary alicyclic amines) is 1. The van der Waals surface area contributed by atoms with Gasteiger partial charge in [-0.15, -0.1) is 0 Å². The number of Topliss-reactive ketones (excluding diaryl/α,β-unsaturated/α-hetero) is 1. The van der Waals surface area contributed by atoms with Crippen LogP contribution in [0.2, 0.25) is 5.02 Å². The fraction of sp³-hybridized carbons (Fsp3) is 0.333. The number of aliphatic hydroxyl groups is 1. The van der Waals surface area contributed by atoms with Crippen molar-refractivity contribution in [2.24, 2.45) is 0 Å². The molecule has 0 aromatic heterocycles. The minimum Gasteiger partial charge on any atom is -0.507 e. The quantitative estimate of drug-likeness (QED) is 0.395. The normalized spacial score (nSPS) is 21.3. The lowest BCUT2D eigenvalue weighted by Gasteiger charge is -2.27. The van der Waals surface area contributed by atoms with Gasteiger partial charge in [-0.3, -0.25) is 9.59 Å². The molecule has 0 radical (unpaired) electrons. The maximum atomic E-state index is 13.4. The number of benzene rings is 2. The zero-order chi connectivity index (χ0) is 22.7. The summed E-state index contributed by atoms with van der Waals surface area (Å²) in [5.41, 5.74) is 0.958. The first-order chi connectivity index (χ1) is 15.5. The van der Waals surface area contributed by atoms with Crippen molar-refractivity contribution in [3.05, 3.63) is 76.1 Å². The minimum absolute atomic E-state index is 0.00245. The van der Waals surface area contributed by atoms with E-state index in [4.69, 9.17) is 16.3 Å². The summed E-state index contributed by atoms with van der Waals surface area (Å²) in [6.07, 6.45) is 0.711. The number of quaternary nitrogens is 1. The lowest BCUT2D eigenvalue weighted by Crippen LogP contribution is -3.14. The first-order valence-corrected chi connectivity index (χ1v) is 11.0. The van der Waals surface area contributed by atoms with Gasteiger partial charge in [-0.2, -0.15) is 0 Å². The Bertz CT molecular complexity index is 1020. The zero-order valence-electron chi connectivity index (χ0n) is 17.5. The SMILES string of the molecule is O=C1C(=O)N(CCC[NH+]2CCOCC2)C(c2ccc(Cl)cc2)C1=C(O)c1ccc(F)cc1. The van der Waals surface area contributed by atoms with E-state index in [2.05, 4.69) is 0 Å². The number of nitrogens with zero attached hydrogens (tertiary/aromatic N) is 1. The largest absolute Gasteiger partial charge is 0.507 e. The number of rotatable bonds is 6. The molecule has 2 aliphatic heterocycles. The van der Waals surface area contributed by atoms with Crippen LogP contribution in [0.5, 0.6) is 0 Å². The van der Waals surface area contributed by atoms with Gasteiger partial charge in [0.15, 0.2) is 0 Å². The van der Waals surface area contributed by atoms with Gasteiger partial charge in [0.1, 0.15) is 24.7 Å². The third kappa shape index (κ3) is 4.70. The van der Waals surface area contributed by atoms with Crippen molar-refractivity contribution in [3.8, 4) is 0 Å². The van der Waals surface area contributed by atoms with E-state index in [1.807, 2.05) is 0 Å². The Labute approximate surface area is 190 Å². The molecule has 0 aliphatic carbocycles. The number of ether oxygens (including phenoxy) is 1. The van der Waals surface area contributed by atoms with Gasteiger partial charge in [-0.1, -0.05) is 23.7 Å². The topological polar surface area (TPSA) is 71.3 Å². The molecule has 0 spiro atoms. The minimum atomic E-state index is -0.745. The summed E-state index contributed by atoms with van der Waals surface area (Å²) in [7, 11) is 0. The number of carbonyl (C=O) groups is 2. The lowest BCUT2D eigenvalue weighted by molar-refractivity contribution is -0.908. The van der Waals surface area contributed by atoms with Gasteiger partial charge in [0.05, 0.1) is 31.4 Å². The molecule has 168 valence electrons. The first kappa shape index (κ1) is 22.5. The maximum Gasteiger partial charge on any atom is 0.295 e. The van der Waals surface area contributed by atoms with Crippen molar-refractivity contribution < 1.29 is 28.7 Å². The Hall–Kier alpha value is -2.74. The Morgan fingerprint density at radius 1 is 1.09 bits per heavy atom. The van der Waals surface area contributed by atoms with Crippen molar-refractivity contribution in [2.45, 2.75) is 12.5 Å². The number of nitrogens with one attached hydrogen (secondary N) is 1. The number of hydrogen-bond donors (Lipinski definition) is 2. The molecule has 0 saturated carbocycles. The Morgan fingerprint density at radius 3 is 2.41 bits per heavy atom. The molecule has 6 nitrogen and oxygen atoms in total. The predicted octanol–water partition coefficient (Wildman–Crippen LogP) is 2.21. The average molecular weight is 460 g/mol. The van der Waals surface area contributed by atoms with Crippen LogP contribution in [0.3, 0.4) is 0 Å². The van der Waals surface area contributed by atoms with Crippen molar-refractivity contribution >= 4 is 29.1 Å². The van der Waals surface area contributed by atoms with E-state index in [0.717, 1.165) is 32.8 Å². The number of ketones is 1. The van der Waals surface area contributed by atoms with Gasteiger partial charge in [0, 0.05) is 23.6 Å². The number of halogens is 2.